The summed E-state index contributed by atoms with van der Waals surface area (Å²) in [6, 6.07) is 23.3. The zero-order chi connectivity index (χ0) is 23.0. The third-order valence-corrected chi connectivity index (χ3v) is 7.87. The molecule has 2 aliphatic heterocycles. The summed E-state index contributed by atoms with van der Waals surface area (Å²) in [7, 11) is -1.42. The predicted octanol–water partition coefficient (Wildman–Crippen LogP) is 4.19. The molecule has 0 radical (unpaired) electrons. The van der Waals surface area contributed by atoms with Crippen molar-refractivity contribution in [2.24, 2.45) is 4.40 Å². The van der Waals surface area contributed by atoms with E-state index in [-0.39, 0.29) is 11.7 Å². The van der Waals surface area contributed by atoms with Gasteiger partial charge in [0.25, 0.3) is 15.9 Å². The lowest BCUT2D eigenvalue weighted by atomic mass is 10.1. The summed E-state index contributed by atoms with van der Waals surface area (Å²) >= 11 is 1.28. The van der Waals surface area contributed by atoms with Crippen LogP contribution in [0.1, 0.15) is 15.9 Å². The van der Waals surface area contributed by atoms with Crippen molar-refractivity contribution in [2.45, 2.75) is 11.4 Å². The zero-order valence-electron chi connectivity index (χ0n) is 17.9. The molecule has 1 N–H and O–H groups in total. The van der Waals surface area contributed by atoms with Gasteiger partial charge in [-0.05, 0) is 47.7 Å². The largest absolute Gasteiger partial charge is 0.369 e. The van der Waals surface area contributed by atoms with Crippen LogP contribution in [0.25, 0.3) is 0 Å². The van der Waals surface area contributed by atoms with Crippen molar-refractivity contribution in [1.29, 1.82) is 0 Å². The summed E-state index contributed by atoms with van der Waals surface area (Å²) in [5.41, 5.74) is 4.21. The molecular formula is C24H22N4O3S2. The first-order valence-electron chi connectivity index (χ1n) is 10.5. The van der Waals surface area contributed by atoms with Gasteiger partial charge in [0.15, 0.2) is 5.17 Å². The summed E-state index contributed by atoms with van der Waals surface area (Å²) < 4.78 is 27.5. The fourth-order valence-electron chi connectivity index (χ4n) is 3.92. The van der Waals surface area contributed by atoms with Crippen LogP contribution >= 0.6 is 11.8 Å². The maximum absolute atomic E-state index is 13.1. The molecule has 33 heavy (non-hydrogen) atoms. The van der Waals surface area contributed by atoms with Gasteiger partial charge in [0.2, 0.25) is 0 Å². The molecule has 2 aliphatic rings. The van der Waals surface area contributed by atoms with E-state index in [1.807, 2.05) is 60.5 Å². The molecule has 9 heteroatoms. The normalized spacial score (nSPS) is 15.9. The molecule has 0 saturated carbocycles. The van der Waals surface area contributed by atoms with Gasteiger partial charge < -0.3 is 15.1 Å². The number of nitrogens with one attached hydrogen (secondary N) is 1. The van der Waals surface area contributed by atoms with Gasteiger partial charge in [0.05, 0.1) is 22.8 Å². The van der Waals surface area contributed by atoms with Crippen molar-refractivity contribution >= 4 is 49.9 Å². The Labute approximate surface area is 197 Å². The number of amidine groups is 1. The molecule has 2 heterocycles. The molecule has 0 bridgehead atoms. The van der Waals surface area contributed by atoms with Gasteiger partial charge in [-0.25, -0.2) is 8.42 Å². The highest BCUT2D eigenvalue weighted by molar-refractivity contribution is 8.15. The van der Waals surface area contributed by atoms with Crippen LogP contribution in [0.15, 0.2) is 82.1 Å². The number of carbonyl (C=O) groups is 1. The summed E-state index contributed by atoms with van der Waals surface area (Å²) in [5, 5.41) is 3.48. The zero-order valence-corrected chi connectivity index (χ0v) is 19.6. The van der Waals surface area contributed by atoms with Gasteiger partial charge in [-0.1, -0.05) is 42.5 Å². The molecule has 3 aromatic carbocycles. The second-order valence-corrected chi connectivity index (χ2v) is 10.7. The number of carbonyl (C=O) groups excluding carboxylic acids is 1. The maximum Gasteiger partial charge on any atom is 0.257 e. The van der Waals surface area contributed by atoms with Crippen LogP contribution in [-0.4, -0.2) is 38.8 Å². The quantitative estimate of drug-likeness (QED) is 0.592. The van der Waals surface area contributed by atoms with E-state index < -0.39 is 10.0 Å². The molecule has 0 spiro atoms. The second-order valence-electron chi connectivity index (χ2n) is 7.91. The standard InChI is InChI=1S/C24H22N4O3S2/c1-27(16-17-7-3-2-4-8-17)20-10-6-5-9-19(20)25-23(29)18-11-12-21-22(15-18)32-24-26-33(30,31)14-13-28(21)24/h2-12,15H,13-14,16H2,1H3,(H,25,29). The molecule has 0 unspecified atom stereocenters. The second kappa shape index (κ2) is 8.57. The Morgan fingerprint density at radius 1 is 1.09 bits per heavy atom. The number of rotatable bonds is 5. The number of sulfonamides is 1. The van der Waals surface area contributed by atoms with E-state index in [0.717, 1.165) is 22.0 Å². The predicted molar refractivity (Wildman–Crippen MR) is 134 cm³/mol. The molecule has 0 aliphatic carbocycles. The number of para-hydroxylation sites is 2. The average molecular weight is 479 g/mol. The van der Waals surface area contributed by atoms with Crippen LogP contribution in [0.4, 0.5) is 17.1 Å². The van der Waals surface area contributed by atoms with E-state index in [0.29, 0.717) is 23.8 Å². The van der Waals surface area contributed by atoms with E-state index in [4.69, 9.17) is 0 Å². The molecule has 7 nitrogen and oxygen atoms in total. The van der Waals surface area contributed by atoms with Gasteiger partial charge in [0, 0.05) is 30.6 Å². The van der Waals surface area contributed by atoms with E-state index in [2.05, 4.69) is 26.7 Å². The molecule has 0 fully saturated rings. The molecule has 3 aromatic rings. The van der Waals surface area contributed by atoms with Crippen LogP contribution < -0.4 is 15.1 Å². The minimum atomic E-state index is -3.42. The smallest absolute Gasteiger partial charge is 0.257 e. The van der Waals surface area contributed by atoms with Crippen molar-refractivity contribution in [2.75, 3.05) is 34.5 Å². The van der Waals surface area contributed by atoms with E-state index >= 15 is 0 Å². The highest BCUT2D eigenvalue weighted by atomic mass is 32.2. The fourth-order valence-corrected chi connectivity index (χ4v) is 6.22. The lowest BCUT2D eigenvalue weighted by Gasteiger charge is -2.23. The molecule has 0 saturated heterocycles. The fraction of sp³-hybridized carbons (Fsp3) is 0.167. The maximum atomic E-state index is 13.1. The Morgan fingerprint density at radius 3 is 2.67 bits per heavy atom. The minimum Gasteiger partial charge on any atom is -0.369 e. The Hall–Kier alpha value is -3.30. The first-order chi connectivity index (χ1) is 15.9. The van der Waals surface area contributed by atoms with Crippen LogP contribution in [-0.2, 0) is 16.6 Å². The monoisotopic (exact) mass is 478 g/mol. The molecule has 0 aromatic heterocycles. The van der Waals surface area contributed by atoms with Gasteiger partial charge in [-0.15, -0.1) is 4.40 Å². The molecule has 1 amide bonds. The SMILES string of the molecule is CN(Cc1ccccc1)c1ccccc1NC(=O)c1ccc2c(c1)SC1=NS(=O)(=O)CCN12. The van der Waals surface area contributed by atoms with Crippen molar-refractivity contribution in [1.82, 2.24) is 0 Å². The lowest BCUT2D eigenvalue weighted by molar-refractivity contribution is 0.102. The molecular weight excluding hydrogens is 456 g/mol. The van der Waals surface area contributed by atoms with Crippen LogP contribution in [0.5, 0.6) is 0 Å². The highest BCUT2D eigenvalue weighted by Gasteiger charge is 2.33. The van der Waals surface area contributed by atoms with Gasteiger partial charge in [-0.3, -0.25) is 4.79 Å². The Balaban J connectivity index is 1.36. The third-order valence-electron chi connectivity index (χ3n) is 5.56. The van der Waals surface area contributed by atoms with E-state index in [1.165, 1.54) is 17.3 Å². The highest BCUT2D eigenvalue weighted by Crippen LogP contribution is 2.42. The van der Waals surface area contributed by atoms with Crippen molar-refractivity contribution < 1.29 is 13.2 Å². The number of hydrogen-bond donors (Lipinski definition) is 1. The number of benzene rings is 3. The van der Waals surface area contributed by atoms with Gasteiger partial charge >= 0.3 is 0 Å². The third kappa shape index (κ3) is 4.46. The van der Waals surface area contributed by atoms with Crippen molar-refractivity contribution in [3.05, 3.63) is 83.9 Å². The Kier molecular flexibility index (Phi) is 5.59. The van der Waals surface area contributed by atoms with Crippen molar-refractivity contribution in [3.8, 4) is 0 Å². The number of anilines is 3. The summed E-state index contributed by atoms with van der Waals surface area (Å²) in [6.45, 7) is 1.08. The van der Waals surface area contributed by atoms with Crippen LogP contribution in [0.3, 0.4) is 0 Å². The van der Waals surface area contributed by atoms with Gasteiger partial charge in [0.1, 0.15) is 0 Å². The molecule has 5 rings (SSSR count). The summed E-state index contributed by atoms with van der Waals surface area (Å²) in [4.78, 5) is 17.9. The van der Waals surface area contributed by atoms with Crippen LogP contribution in [0.2, 0.25) is 0 Å². The topological polar surface area (TPSA) is 82.1 Å². The van der Waals surface area contributed by atoms with Gasteiger partial charge in [-0.2, -0.15) is 0 Å². The first kappa shape index (κ1) is 21.5. The molecule has 168 valence electrons. The molecule has 0 atom stereocenters. The summed E-state index contributed by atoms with van der Waals surface area (Å²) in [5.74, 6) is -0.232. The number of amides is 1. The lowest BCUT2D eigenvalue weighted by Crippen LogP contribution is -2.35. The Bertz CT molecular complexity index is 1360. The van der Waals surface area contributed by atoms with E-state index in [9.17, 15) is 13.2 Å². The first-order valence-corrected chi connectivity index (χ1v) is 12.9. The number of nitrogens with zero attached hydrogens (tertiary/aromatic N) is 3. The van der Waals surface area contributed by atoms with Crippen molar-refractivity contribution in [3.63, 3.8) is 0 Å². The minimum absolute atomic E-state index is 0.00792. The van der Waals surface area contributed by atoms with E-state index in [1.54, 1.807) is 12.1 Å². The average Bonchev–Trinajstić information content (AvgIpc) is 3.15. The van der Waals surface area contributed by atoms with Crippen LogP contribution in [0, 0.1) is 0 Å². The number of hydrogen-bond acceptors (Lipinski definition) is 6. The number of thioether (sulfide) groups is 1. The Morgan fingerprint density at radius 2 is 1.85 bits per heavy atom. The number of fused-ring (bicyclic) bond motifs is 3. The summed E-state index contributed by atoms with van der Waals surface area (Å²) in [6.07, 6.45) is 0.